The van der Waals surface area contributed by atoms with Crippen LogP contribution in [-0.2, 0) is 6.54 Å². The van der Waals surface area contributed by atoms with E-state index in [4.69, 9.17) is 11.5 Å². The number of nitrogens with two attached hydrogens (primary N) is 2. The Labute approximate surface area is 84.7 Å². The van der Waals surface area contributed by atoms with Crippen LogP contribution in [0.25, 0.3) is 0 Å². The topological polar surface area (TPSA) is 52.0 Å². The van der Waals surface area contributed by atoms with E-state index in [1.807, 2.05) is 18.2 Å². The Morgan fingerprint density at radius 1 is 1.46 bits per heavy atom. The highest BCUT2D eigenvalue weighted by atomic mass is 32.1. The number of thiol groups is 1. The van der Waals surface area contributed by atoms with Gasteiger partial charge in [-0.3, -0.25) is 0 Å². The van der Waals surface area contributed by atoms with E-state index < -0.39 is 0 Å². The van der Waals surface area contributed by atoms with E-state index in [9.17, 15) is 0 Å². The van der Waals surface area contributed by atoms with Gasteiger partial charge >= 0.3 is 0 Å². The van der Waals surface area contributed by atoms with E-state index in [0.29, 0.717) is 6.54 Å². The zero-order chi connectivity index (χ0) is 9.84. The minimum absolute atomic E-state index is 0.109. The normalized spacial score (nSPS) is 12.9. The van der Waals surface area contributed by atoms with Gasteiger partial charge < -0.3 is 11.5 Å². The highest BCUT2D eigenvalue weighted by Crippen LogP contribution is 2.20. The molecule has 3 heteroatoms. The Morgan fingerprint density at radius 2 is 2.15 bits per heavy atom. The molecule has 0 amide bonds. The number of rotatable bonds is 3. The monoisotopic (exact) mass is 196 g/mol. The first-order valence-electron chi connectivity index (χ1n) is 4.46. The van der Waals surface area contributed by atoms with E-state index in [-0.39, 0.29) is 6.04 Å². The van der Waals surface area contributed by atoms with Crippen LogP contribution >= 0.6 is 12.6 Å². The zero-order valence-corrected chi connectivity index (χ0v) is 8.72. The molecule has 1 unspecified atom stereocenters. The third-order valence-electron chi connectivity index (χ3n) is 2.20. The summed E-state index contributed by atoms with van der Waals surface area (Å²) in [4.78, 5) is 0.934. The maximum Gasteiger partial charge on any atom is 0.0292 e. The molecule has 0 saturated carbocycles. The van der Waals surface area contributed by atoms with Gasteiger partial charge in [0.15, 0.2) is 0 Å². The summed E-state index contributed by atoms with van der Waals surface area (Å²) >= 11 is 4.35. The first-order chi connectivity index (χ1) is 6.19. The average Bonchev–Trinajstić information content (AvgIpc) is 2.16. The lowest BCUT2D eigenvalue weighted by Gasteiger charge is -2.11. The first kappa shape index (κ1) is 10.6. The van der Waals surface area contributed by atoms with Crippen LogP contribution in [0.4, 0.5) is 0 Å². The van der Waals surface area contributed by atoms with Crippen molar-refractivity contribution in [1.82, 2.24) is 0 Å². The molecule has 4 N–H and O–H groups in total. The first-order valence-corrected chi connectivity index (χ1v) is 4.91. The fourth-order valence-corrected chi connectivity index (χ4v) is 1.53. The molecule has 2 nitrogen and oxygen atoms in total. The quantitative estimate of drug-likeness (QED) is 0.646. The second kappa shape index (κ2) is 4.65. The van der Waals surface area contributed by atoms with Crippen molar-refractivity contribution in [3.8, 4) is 0 Å². The van der Waals surface area contributed by atoms with E-state index in [1.165, 1.54) is 0 Å². The fourth-order valence-electron chi connectivity index (χ4n) is 1.22. The number of hydrogen-bond acceptors (Lipinski definition) is 3. The summed E-state index contributed by atoms with van der Waals surface area (Å²) in [6.07, 6.45) is 0.940. The lowest BCUT2D eigenvalue weighted by Crippen LogP contribution is -2.09. The molecule has 0 fully saturated rings. The van der Waals surface area contributed by atoms with Gasteiger partial charge in [-0.05, 0) is 23.6 Å². The predicted molar refractivity (Wildman–Crippen MR) is 58.8 cm³/mol. The highest BCUT2D eigenvalue weighted by Gasteiger charge is 2.04. The van der Waals surface area contributed by atoms with Crippen molar-refractivity contribution >= 4 is 12.6 Å². The molecule has 0 aliphatic carbocycles. The van der Waals surface area contributed by atoms with Crippen molar-refractivity contribution < 1.29 is 0 Å². The summed E-state index contributed by atoms with van der Waals surface area (Å²) in [6, 6.07) is 6.13. The number of benzene rings is 1. The molecule has 13 heavy (non-hydrogen) atoms. The molecule has 0 spiro atoms. The van der Waals surface area contributed by atoms with Gasteiger partial charge in [0.05, 0.1) is 0 Å². The van der Waals surface area contributed by atoms with Gasteiger partial charge in [-0.1, -0.05) is 19.1 Å². The Bertz CT molecular complexity index is 286. The Hall–Kier alpha value is -0.510. The molecule has 1 aromatic carbocycles. The van der Waals surface area contributed by atoms with Gasteiger partial charge in [0, 0.05) is 17.5 Å². The molecule has 72 valence electrons. The third kappa shape index (κ3) is 2.46. The minimum atomic E-state index is 0.109. The Kier molecular flexibility index (Phi) is 3.78. The van der Waals surface area contributed by atoms with E-state index in [0.717, 1.165) is 22.4 Å². The van der Waals surface area contributed by atoms with Crippen LogP contribution in [0.3, 0.4) is 0 Å². The molecule has 0 saturated heterocycles. The maximum atomic E-state index is 5.89. The van der Waals surface area contributed by atoms with Gasteiger partial charge in [-0.2, -0.15) is 0 Å². The molecule has 0 bridgehead atoms. The molecule has 0 aromatic heterocycles. The smallest absolute Gasteiger partial charge is 0.0292 e. The van der Waals surface area contributed by atoms with Crippen molar-refractivity contribution in [3.05, 3.63) is 29.3 Å². The van der Waals surface area contributed by atoms with Crippen molar-refractivity contribution in [2.45, 2.75) is 30.8 Å². The second-order valence-electron chi connectivity index (χ2n) is 3.11. The van der Waals surface area contributed by atoms with Crippen LogP contribution in [0.15, 0.2) is 23.1 Å². The van der Waals surface area contributed by atoms with Crippen molar-refractivity contribution in [2.75, 3.05) is 0 Å². The summed E-state index contributed by atoms with van der Waals surface area (Å²) in [5, 5.41) is 0. The Balaban J connectivity index is 2.95. The van der Waals surface area contributed by atoms with Crippen LogP contribution < -0.4 is 11.5 Å². The van der Waals surface area contributed by atoms with Crippen LogP contribution in [-0.4, -0.2) is 0 Å². The van der Waals surface area contributed by atoms with E-state index in [1.54, 1.807) is 0 Å². The molecular weight excluding hydrogens is 180 g/mol. The fraction of sp³-hybridized carbons (Fsp3) is 0.400. The highest BCUT2D eigenvalue weighted by molar-refractivity contribution is 7.80. The Morgan fingerprint density at radius 3 is 2.62 bits per heavy atom. The molecule has 0 heterocycles. The van der Waals surface area contributed by atoms with E-state index >= 15 is 0 Å². The second-order valence-corrected chi connectivity index (χ2v) is 3.59. The predicted octanol–water partition coefficient (Wildman–Crippen LogP) is 1.84. The van der Waals surface area contributed by atoms with Crippen LogP contribution in [0, 0.1) is 0 Å². The van der Waals surface area contributed by atoms with E-state index in [2.05, 4.69) is 19.6 Å². The van der Waals surface area contributed by atoms with Crippen molar-refractivity contribution in [1.29, 1.82) is 0 Å². The molecule has 0 radical (unpaired) electrons. The standard InChI is InChI=1S/C10H16N2S/c1-2-9(12)7-3-4-8(6-11)10(13)5-7/h3-5,9,13H,2,6,11-12H2,1H3. The summed E-state index contributed by atoms with van der Waals surface area (Å²) < 4.78 is 0. The van der Waals surface area contributed by atoms with Crippen LogP contribution in [0.5, 0.6) is 0 Å². The summed E-state index contributed by atoms with van der Waals surface area (Å²) in [7, 11) is 0. The van der Waals surface area contributed by atoms with Gasteiger partial charge in [-0.25, -0.2) is 0 Å². The molecule has 1 atom stereocenters. The largest absolute Gasteiger partial charge is 0.326 e. The maximum absolute atomic E-state index is 5.89. The van der Waals surface area contributed by atoms with Crippen molar-refractivity contribution in [2.24, 2.45) is 11.5 Å². The van der Waals surface area contributed by atoms with Crippen molar-refractivity contribution in [3.63, 3.8) is 0 Å². The van der Waals surface area contributed by atoms with Gasteiger partial charge in [0.25, 0.3) is 0 Å². The lowest BCUT2D eigenvalue weighted by atomic mass is 10.0. The molecule has 1 aromatic rings. The summed E-state index contributed by atoms with van der Waals surface area (Å²) in [5.41, 5.74) is 13.6. The SMILES string of the molecule is CCC(N)c1ccc(CN)c(S)c1. The molecular formula is C10H16N2S. The molecule has 0 aliphatic heterocycles. The lowest BCUT2D eigenvalue weighted by molar-refractivity contribution is 0.696. The third-order valence-corrected chi connectivity index (χ3v) is 2.61. The number of hydrogen-bond donors (Lipinski definition) is 3. The molecule has 0 aliphatic rings. The average molecular weight is 196 g/mol. The minimum Gasteiger partial charge on any atom is -0.326 e. The summed E-state index contributed by atoms with van der Waals surface area (Å²) in [5.74, 6) is 0. The zero-order valence-electron chi connectivity index (χ0n) is 7.83. The van der Waals surface area contributed by atoms with Crippen LogP contribution in [0.2, 0.25) is 0 Å². The van der Waals surface area contributed by atoms with Gasteiger partial charge in [-0.15, -0.1) is 12.6 Å². The van der Waals surface area contributed by atoms with Gasteiger partial charge in [0.2, 0.25) is 0 Å². The molecule has 1 rings (SSSR count). The summed E-state index contributed by atoms with van der Waals surface area (Å²) in [6.45, 7) is 2.60. The van der Waals surface area contributed by atoms with Gasteiger partial charge in [0.1, 0.15) is 0 Å². The van der Waals surface area contributed by atoms with Crippen LogP contribution in [0.1, 0.15) is 30.5 Å².